The number of likely N-dealkylation sites (N-methyl/N-ethyl adjacent to an activating group) is 1. The summed E-state index contributed by atoms with van der Waals surface area (Å²) in [5.74, 6) is -0.00120. The topological polar surface area (TPSA) is 46.3 Å². The molecular formula is C10H13ClN2O. The molecule has 2 N–H and O–H groups in total. The number of nitrogens with zero attached hydrogens (tertiary/aromatic N) is 1. The highest BCUT2D eigenvalue weighted by molar-refractivity contribution is 5.99. The Balaban J connectivity index is 0.000000980. The van der Waals surface area contributed by atoms with E-state index in [1.165, 1.54) is 0 Å². The zero-order valence-corrected chi connectivity index (χ0v) is 8.75. The number of carbonyl (C=O) groups is 1. The lowest BCUT2D eigenvalue weighted by Crippen LogP contribution is -2.46. The van der Waals surface area contributed by atoms with Gasteiger partial charge in [0, 0.05) is 12.7 Å². The van der Waals surface area contributed by atoms with Crippen molar-refractivity contribution in [2.45, 2.75) is 12.5 Å². The van der Waals surface area contributed by atoms with E-state index in [4.69, 9.17) is 5.73 Å². The highest BCUT2D eigenvalue weighted by atomic mass is 35.5. The van der Waals surface area contributed by atoms with E-state index >= 15 is 0 Å². The van der Waals surface area contributed by atoms with E-state index in [0.717, 1.165) is 11.3 Å². The third-order valence-electron chi connectivity index (χ3n) is 2.44. The van der Waals surface area contributed by atoms with Crippen LogP contribution in [0.5, 0.6) is 0 Å². The van der Waals surface area contributed by atoms with Gasteiger partial charge in [0.1, 0.15) is 0 Å². The van der Waals surface area contributed by atoms with Gasteiger partial charge >= 0.3 is 0 Å². The van der Waals surface area contributed by atoms with Crippen LogP contribution in [0.15, 0.2) is 24.3 Å². The fraction of sp³-hybridized carbons (Fsp3) is 0.300. The predicted octanol–water partition coefficient (Wildman–Crippen LogP) is 0.955. The van der Waals surface area contributed by atoms with Gasteiger partial charge in [-0.15, -0.1) is 12.4 Å². The summed E-state index contributed by atoms with van der Waals surface area (Å²) in [6.07, 6.45) is 0.652. The number of hydrogen-bond acceptors (Lipinski definition) is 2. The maximum Gasteiger partial charge on any atom is 0.243 e. The molecule has 0 saturated carbocycles. The molecule has 3 nitrogen and oxygen atoms in total. The monoisotopic (exact) mass is 212 g/mol. The minimum Gasteiger partial charge on any atom is -0.320 e. The minimum atomic E-state index is -0.375. The van der Waals surface area contributed by atoms with Gasteiger partial charge in [-0.25, -0.2) is 0 Å². The second-order valence-electron chi connectivity index (χ2n) is 3.34. The summed E-state index contributed by atoms with van der Waals surface area (Å²) in [6.45, 7) is 0. The summed E-state index contributed by atoms with van der Waals surface area (Å²) in [4.78, 5) is 13.1. The summed E-state index contributed by atoms with van der Waals surface area (Å²) in [6, 6.07) is 7.48. The van der Waals surface area contributed by atoms with E-state index in [2.05, 4.69) is 0 Å². The maximum atomic E-state index is 11.5. The van der Waals surface area contributed by atoms with Gasteiger partial charge in [0.05, 0.1) is 6.04 Å². The third kappa shape index (κ3) is 1.61. The van der Waals surface area contributed by atoms with E-state index in [0.29, 0.717) is 6.42 Å². The number of benzene rings is 1. The van der Waals surface area contributed by atoms with Gasteiger partial charge in [0.25, 0.3) is 0 Å². The van der Waals surface area contributed by atoms with Crippen LogP contribution >= 0.6 is 12.4 Å². The SMILES string of the molecule is CN1C(=O)C(N)Cc2ccccc21.Cl. The number of para-hydroxylation sites is 1. The lowest BCUT2D eigenvalue weighted by molar-refractivity contribution is -0.119. The van der Waals surface area contributed by atoms with Crippen molar-refractivity contribution in [2.75, 3.05) is 11.9 Å². The summed E-state index contributed by atoms with van der Waals surface area (Å²) >= 11 is 0. The molecule has 0 aromatic heterocycles. The van der Waals surface area contributed by atoms with Crippen molar-refractivity contribution in [1.29, 1.82) is 0 Å². The Morgan fingerprint density at radius 2 is 2.07 bits per heavy atom. The van der Waals surface area contributed by atoms with Crippen LogP contribution in [0.1, 0.15) is 5.56 Å². The van der Waals surface area contributed by atoms with E-state index < -0.39 is 0 Å². The molecule has 0 spiro atoms. The second-order valence-corrected chi connectivity index (χ2v) is 3.34. The Hall–Kier alpha value is -1.06. The number of amides is 1. The van der Waals surface area contributed by atoms with Gasteiger partial charge in [-0.1, -0.05) is 18.2 Å². The Bertz CT molecular complexity index is 354. The largest absolute Gasteiger partial charge is 0.320 e. The summed E-state index contributed by atoms with van der Waals surface area (Å²) in [5, 5.41) is 0. The molecule has 1 atom stereocenters. The van der Waals surface area contributed by atoms with Gasteiger partial charge in [-0.05, 0) is 18.1 Å². The first-order chi connectivity index (χ1) is 6.20. The molecule has 1 unspecified atom stereocenters. The van der Waals surface area contributed by atoms with E-state index in [1.54, 1.807) is 11.9 Å². The molecule has 1 aromatic rings. The van der Waals surface area contributed by atoms with Crippen molar-refractivity contribution in [3.63, 3.8) is 0 Å². The fourth-order valence-electron chi connectivity index (χ4n) is 1.70. The predicted molar refractivity (Wildman–Crippen MR) is 58.8 cm³/mol. The number of nitrogens with two attached hydrogens (primary N) is 1. The molecule has 14 heavy (non-hydrogen) atoms. The van der Waals surface area contributed by atoms with Crippen LogP contribution in [0.25, 0.3) is 0 Å². The van der Waals surface area contributed by atoms with Crippen molar-refractivity contribution in [1.82, 2.24) is 0 Å². The molecular weight excluding hydrogens is 200 g/mol. The fourth-order valence-corrected chi connectivity index (χ4v) is 1.70. The number of rotatable bonds is 0. The first-order valence-corrected chi connectivity index (χ1v) is 4.31. The van der Waals surface area contributed by atoms with Crippen molar-refractivity contribution in [3.05, 3.63) is 29.8 Å². The van der Waals surface area contributed by atoms with Gasteiger partial charge in [-0.3, -0.25) is 4.79 Å². The average Bonchev–Trinajstić information content (AvgIpc) is 2.15. The van der Waals surface area contributed by atoms with Gasteiger partial charge in [-0.2, -0.15) is 0 Å². The molecule has 2 rings (SSSR count). The number of hydrogen-bond donors (Lipinski definition) is 1. The molecule has 1 amide bonds. The maximum absolute atomic E-state index is 11.5. The van der Waals surface area contributed by atoms with Crippen LogP contribution in [0, 0.1) is 0 Å². The zero-order chi connectivity index (χ0) is 9.42. The third-order valence-corrected chi connectivity index (χ3v) is 2.44. The van der Waals surface area contributed by atoms with Crippen LogP contribution in [0.2, 0.25) is 0 Å². The van der Waals surface area contributed by atoms with Crippen LogP contribution in [0.4, 0.5) is 5.69 Å². The summed E-state index contributed by atoms with van der Waals surface area (Å²) in [5.41, 5.74) is 7.82. The molecule has 0 bridgehead atoms. The van der Waals surface area contributed by atoms with E-state index in [9.17, 15) is 4.79 Å². The second kappa shape index (κ2) is 3.98. The first kappa shape index (κ1) is 11.0. The molecule has 0 radical (unpaired) electrons. The molecule has 1 aliphatic heterocycles. The van der Waals surface area contributed by atoms with Crippen molar-refractivity contribution >= 4 is 24.0 Å². The van der Waals surface area contributed by atoms with Crippen LogP contribution in [0.3, 0.4) is 0 Å². The number of halogens is 1. The molecule has 1 aliphatic rings. The highest BCUT2D eigenvalue weighted by Crippen LogP contribution is 2.25. The number of carbonyl (C=O) groups excluding carboxylic acids is 1. The van der Waals surface area contributed by atoms with Crippen LogP contribution in [-0.2, 0) is 11.2 Å². The number of fused-ring (bicyclic) bond motifs is 1. The molecule has 0 aliphatic carbocycles. The minimum absolute atomic E-state index is 0. The molecule has 0 fully saturated rings. The average molecular weight is 213 g/mol. The quantitative estimate of drug-likeness (QED) is 0.696. The first-order valence-electron chi connectivity index (χ1n) is 4.31. The van der Waals surface area contributed by atoms with Crippen molar-refractivity contribution < 1.29 is 4.79 Å². The Morgan fingerprint density at radius 3 is 2.79 bits per heavy atom. The molecule has 1 heterocycles. The smallest absolute Gasteiger partial charge is 0.243 e. The molecule has 0 saturated heterocycles. The molecule has 1 aromatic carbocycles. The van der Waals surface area contributed by atoms with Crippen molar-refractivity contribution in [3.8, 4) is 0 Å². The zero-order valence-electron chi connectivity index (χ0n) is 7.93. The summed E-state index contributed by atoms with van der Waals surface area (Å²) < 4.78 is 0. The Kier molecular flexibility index (Phi) is 3.13. The molecule has 76 valence electrons. The Labute approximate surface area is 89.3 Å². The van der Waals surface area contributed by atoms with Gasteiger partial charge in [0.15, 0.2) is 0 Å². The van der Waals surface area contributed by atoms with E-state index in [-0.39, 0.29) is 24.4 Å². The van der Waals surface area contributed by atoms with Gasteiger partial charge in [0.2, 0.25) is 5.91 Å². The highest BCUT2D eigenvalue weighted by Gasteiger charge is 2.26. The van der Waals surface area contributed by atoms with Crippen LogP contribution < -0.4 is 10.6 Å². The standard InChI is InChI=1S/C10H12N2O.ClH/c1-12-9-5-3-2-4-7(9)6-8(11)10(12)13;/h2-5,8H,6,11H2,1H3;1H. The van der Waals surface area contributed by atoms with E-state index in [1.807, 2.05) is 24.3 Å². The Morgan fingerprint density at radius 1 is 1.43 bits per heavy atom. The molecule has 4 heteroatoms. The van der Waals surface area contributed by atoms with Crippen molar-refractivity contribution in [2.24, 2.45) is 5.73 Å². The lowest BCUT2D eigenvalue weighted by atomic mass is 9.98. The number of anilines is 1. The van der Waals surface area contributed by atoms with Gasteiger partial charge < -0.3 is 10.6 Å². The lowest BCUT2D eigenvalue weighted by Gasteiger charge is -2.29. The van der Waals surface area contributed by atoms with Crippen LogP contribution in [-0.4, -0.2) is 19.0 Å². The summed E-state index contributed by atoms with van der Waals surface area (Å²) in [7, 11) is 1.76. The normalized spacial score (nSPS) is 20.0.